The molecule has 0 bridgehead atoms. The van der Waals surface area contributed by atoms with Gasteiger partial charge in [0.05, 0.1) is 5.02 Å². The highest BCUT2D eigenvalue weighted by molar-refractivity contribution is 6.38. The topological polar surface area (TPSA) is 79.7 Å². The van der Waals surface area contributed by atoms with Crippen LogP contribution in [0.4, 0.5) is 0 Å². The molecule has 0 aliphatic heterocycles. The summed E-state index contributed by atoms with van der Waals surface area (Å²) in [5.41, 5.74) is 1.04. The summed E-state index contributed by atoms with van der Waals surface area (Å²) in [5.74, 6) is 0.340. The van der Waals surface area contributed by atoms with E-state index < -0.39 is 11.9 Å². The maximum Gasteiger partial charge on any atom is 0.310 e. The molecule has 0 saturated heterocycles. The van der Waals surface area contributed by atoms with Crippen molar-refractivity contribution in [3.8, 4) is 35.0 Å². The van der Waals surface area contributed by atoms with Crippen LogP contribution in [0, 0.1) is 18.3 Å². The van der Waals surface area contributed by atoms with Gasteiger partial charge in [-0.05, 0) is 23.8 Å². The van der Waals surface area contributed by atoms with Crippen LogP contribution in [-0.4, -0.2) is 27.8 Å². The number of halogens is 2. The van der Waals surface area contributed by atoms with Crippen LogP contribution in [0.2, 0.25) is 10.2 Å². The lowest BCUT2D eigenvalue weighted by Crippen LogP contribution is -2.21. The second-order valence-electron chi connectivity index (χ2n) is 4.90. The smallest absolute Gasteiger partial charge is 0.310 e. The van der Waals surface area contributed by atoms with Gasteiger partial charge in [0.2, 0.25) is 0 Å². The van der Waals surface area contributed by atoms with Gasteiger partial charge in [-0.3, -0.25) is 4.79 Å². The fourth-order valence-electron chi connectivity index (χ4n) is 2.02. The van der Waals surface area contributed by atoms with Crippen molar-refractivity contribution in [3.05, 3.63) is 40.6 Å². The van der Waals surface area contributed by atoms with Crippen LogP contribution in [0.25, 0.3) is 11.1 Å². The SMILES string of the molecule is C#CCC(COc1ccc(-c2c(Cl)ccnc2Cl)cc1O)C(=O)O. The van der Waals surface area contributed by atoms with E-state index in [4.69, 9.17) is 39.5 Å². The zero-order valence-corrected chi connectivity index (χ0v) is 13.9. The average Bonchev–Trinajstić information content (AvgIpc) is 2.52. The predicted molar refractivity (Wildman–Crippen MR) is 91.4 cm³/mol. The summed E-state index contributed by atoms with van der Waals surface area (Å²) in [6.07, 6.45) is 6.64. The molecular weight excluding hydrogens is 353 g/mol. The predicted octanol–water partition coefficient (Wildman–Crippen LogP) is 3.86. The third-order valence-electron chi connectivity index (χ3n) is 3.25. The molecule has 1 heterocycles. The van der Waals surface area contributed by atoms with Gasteiger partial charge >= 0.3 is 5.97 Å². The number of carboxylic acid groups (broad SMARTS) is 1. The van der Waals surface area contributed by atoms with Gasteiger partial charge in [0.15, 0.2) is 11.5 Å². The standard InChI is InChI=1S/C17H13Cl2NO4/c1-2-3-11(17(22)23)9-24-14-5-4-10(8-13(14)21)15-12(18)6-7-20-16(15)19/h1,4-8,11,21H,3,9H2,(H,22,23). The minimum atomic E-state index is -1.06. The van der Waals surface area contributed by atoms with Gasteiger partial charge in [0.25, 0.3) is 0 Å². The largest absolute Gasteiger partial charge is 0.504 e. The number of ether oxygens (including phenoxy) is 1. The van der Waals surface area contributed by atoms with Gasteiger partial charge in [-0.2, -0.15) is 0 Å². The summed E-state index contributed by atoms with van der Waals surface area (Å²) in [4.78, 5) is 15.0. The Labute approximate surface area is 148 Å². The monoisotopic (exact) mass is 365 g/mol. The number of carboxylic acids is 1. The summed E-state index contributed by atoms with van der Waals surface area (Å²) >= 11 is 12.1. The first-order valence-corrected chi connectivity index (χ1v) is 7.62. The highest BCUT2D eigenvalue weighted by atomic mass is 35.5. The second-order valence-corrected chi connectivity index (χ2v) is 5.66. The Bertz CT molecular complexity index is 781. The number of hydrogen-bond donors (Lipinski definition) is 2. The fraction of sp³-hybridized carbons (Fsp3) is 0.176. The van der Waals surface area contributed by atoms with Gasteiger partial charge in [0, 0.05) is 18.2 Å². The molecule has 1 atom stereocenters. The van der Waals surface area contributed by atoms with E-state index in [2.05, 4.69) is 10.9 Å². The highest BCUT2D eigenvalue weighted by Crippen LogP contribution is 2.37. The lowest BCUT2D eigenvalue weighted by atomic mass is 10.1. The highest BCUT2D eigenvalue weighted by Gasteiger charge is 2.18. The molecular formula is C17H13Cl2NO4. The number of carbonyl (C=O) groups is 1. The molecule has 1 unspecified atom stereocenters. The number of aliphatic carboxylic acids is 1. The molecule has 0 radical (unpaired) electrons. The number of aromatic nitrogens is 1. The molecule has 0 aliphatic carbocycles. The van der Waals surface area contributed by atoms with E-state index in [1.165, 1.54) is 18.3 Å². The molecule has 24 heavy (non-hydrogen) atoms. The molecule has 2 rings (SSSR count). The van der Waals surface area contributed by atoms with Gasteiger partial charge in [-0.1, -0.05) is 29.3 Å². The van der Waals surface area contributed by atoms with Crippen molar-refractivity contribution in [2.24, 2.45) is 5.92 Å². The number of benzene rings is 1. The van der Waals surface area contributed by atoms with E-state index in [0.29, 0.717) is 16.1 Å². The number of phenols is 1. The van der Waals surface area contributed by atoms with Crippen molar-refractivity contribution in [1.29, 1.82) is 0 Å². The third kappa shape index (κ3) is 4.10. The first kappa shape index (κ1) is 17.9. The zero-order valence-electron chi connectivity index (χ0n) is 12.4. The Morgan fingerprint density at radius 1 is 1.38 bits per heavy atom. The summed E-state index contributed by atoms with van der Waals surface area (Å²) in [6, 6.07) is 6.14. The van der Waals surface area contributed by atoms with Gasteiger partial charge in [-0.25, -0.2) is 4.98 Å². The van der Waals surface area contributed by atoms with Crippen LogP contribution >= 0.6 is 23.2 Å². The summed E-state index contributed by atoms with van der Waals surface area (Å²) in [5, 5.41) is 19.7. The number of phenolic OH excluding ortho intramolecular Hbond substituents is 1. The molecule has 0 fully saturated rings. The number of aromatic hydroxyl groups is 1. The van der Waals surface area contributed by atoms with Crippen molar-refractivity contribution in [2.45, 2.75) is 6.42 Å². The molecule has 124 valence electrons. The van der Waals surface area contributed by atoms with Crippen molar-refractivity contribution >= 4 is 29.2 Å². The fourth-order valence-corrected chi connectivity index (χ4v) is 2.59. The van der Waals surface area contributed by atoms with Crippen LogP contribution in [0.5, 0.6) is 11.5 Å². The first-order valence-electron chi connectivity index (χ1n) is 6.86. The molecule has 2 N–H and O–H groups in total. The van der Waals surface area contributed by atoms with Crippen molar-refractivity contribution in [1.82, 2.24) is 4.98 Å². The van der Waals surface area contributed by atoms with E-state index in [0.717, 1.165) is 0 Å². The van der Waals surface area contributed by atoms with E-state index in [1.54, 1.807) is 12.1 Å². The summed E-state index contributed by atoms with van der Waals surface area (Å²) in [7, 11) is 0. The number of hydrogen-bond acceptors (Lipinski definition) is 4. The van der Waals surface area contributed by atoms with E-state index in [9.17, 15) is 9.90 Å². The minimum absolute atomic E-state index is 0.0368. The summed E-state index contributed by atoms with van der Waals surface area (Å²) in [6.45, 7) is -0.152. The van der Waals surface area contributed by atoms with Crippen molar-refractivity contribution in [2.75, 3.05) is 6.61 Å². The van der Waals surface area contributed by atoms with Gasteiger partial charge < -0.3 is 14.9 Å². The number of nitrogens with zero attached hydrogens (tertiary/aromatic N) is 1. The van der Waals surface area contributed by atoms with Gasteiger partial charge in [-0.15, -0.1) is 12.3 Å². The quantitative estimate of drug-likeness (QED) is 0.600. The first-order chi connectivity index (χ1) is 11.4. The second kappa shape index (κ2) is 7.91. The van der Waals surface area contributed by atoms with Crippen LogP contribution in [0.3, 0.4) is 0 Å². The van der Waals surface area contributed by atoms with Crippen LogP contribution in [-0.2, 0) is 4.79 Å². The Balaban J connectivity index is 2.22. The van der Waals surface area contributed by atoms with Crippen LogP contribution in [0.15, 0.2) is 30.5 Å². The maximum atomic E-state index is 11.0. The van der Waals surface area contributed by atoms with E-state index in [1.807, 2.05) is 0 Å². The van der Waals surface area contributed by atoms with E-state index in [-0.39, 0.29) is 29.7 Å². The van der Waals surface area contributed by atoms with Crippen molar-refractivity contribution in [3.63, 3.8) is 0 Å². The van der Waals surface area contributed by atoms with Crippen LogP contribution < -0.4 is 4.74 Å². The number of terminal acetylenes is 1. The molecule has 0 amide bonds. The van der Waals surface area contributed by atoms with E-state index >= 15 is 0 Å². The molecule has 1 aromatic heterocycles. The summed E-state index contributed by atoms with van der Waals surface area (Å²) < 4.78 is 5.36. The zero-order chi connectivity index (χ0) is 17.7. The lowest BCUT2D eigenvalue weighted by Gasteiger charge is -2.13. The van der Waals surface area contributed by atoms with Gasteiger partial charge in [0.1, 0.15) is 17.7 Å². The normalized spacial score (nSPS) is 11.5. The minimum Gasteiger partial charge on any atom is -0.504 e. The molecule has 0 saturated carbocycles. The Kier molecular flexibility index (Phi) is 5.91. The number of pyridine rings is 1. The molecule has 0 aliphatic rings. The molecule has 7 heteroatoms. The molecule has 1 aromatic carbocycles. The molecule has 2 aromatic rings. The third-order valence-corrected chi connectivity index (χ3v) is 3.86. The van der Waals surface area contributed by atoms with Crippen LogP contribution in [0.1, 0.15) is 6.42 Å². The molecule has 0 spiro atoms. The average molecular weight is 366 g/mol. The lowest BCUT2D eigenvalue weighted by molar-refractivity contribution is -0.142. The Hall–Kier alpha value is -2.42. The molecule has 5 nitrogen and oxygen atoms in total. The Morgan fingerprint density at radius 2 is 2.12 bits per heavy atom. The Morgan fingerprint density at radius 3 is 2.71 bits per heavy atom. The number of rotatable bonds is 6. The van der Waals surface area contributed by atoms with Crippen molar-refractivity contribution < 1.29 is 19.7 Å². The maximum absolute atomic E-state index is 11.0.